The molecule has 0 atom stereocenters. The summed E-state index contributed by atoms with van der Waals surface area (Å²) in [5.41, 5.74) is 3.55. The van der Waals surface area contributed by atoms with Crippen LogP contribution in [-0.4, -0.2) is 6.54 Å². The van der Waals surface area contributed by atoms with Gasteiger partial charge in [0.25, 0.3) is 0 Å². The van der Waals surface area contributed by atoms with Gasteiger partial charge >= 0.3 is 0 Å². The lowest BCUT2D eigenvalue weighted by Gasteiger charge is -2.18. The van der Waals surface area contributed by atoms with Crippen molar-refractivity contribution in [3.63, 3.8) is 0 Å². The molecular formula is C29H31Cl2N3O9. The van der Waals surface area contributed by atoms with Gasteiger partial charge in [0.1, 0.15) is 13.6 Å². The highest BCUT2D eigenvalue weighted by Crippen LogP contribution is 2.39. The summed E-state index contributed by atoms with van der Waals surface area (Å²) in [6.45, 7) is 2.04. The highest BCUT2D eigenvalue weighted by Gasteiger charge is 2.26. The van der Waals surface area contributed by atoms with E-state index >= 15 is 0 Å². The van der Waals surface area contributed by atoms with Crippen molar-refractivity contribution in [3.05, 3.63) is 103 Å². The number of aromatic nitrogens is 2. The molecule has 0 saturated carbocycles. The van der Waals surface area contributed by atoms with Gasteiger partial charge in [-0.15, -0.1) is 20.5 Å². The molecule has 0 spiro atoms. The van der Waals surface area contributed by atoms with Crippen LogP contribution in [-0.2, 0) is 13.6 Å². The van der Waals surface area contributed by atoms with Crippen LogP contribution in [0.4, 0.5) is 5.69 Å². The van der Waals surface area contributed by atoms with Crippen LogP contribution in [0.2, 0.25) is 0 Å². The quantitative estimate of drug-likeness (QED) is 0.135. The number of pyridine rings is 2. The molecule has 0 N–H and O–H groups in total. The first kappa shape index (κ1) is 34.1. The molecular weight excluding hydrogens is 605 g/mol. The van der Waals surface area contributed by atoms with E-state index in [1.807, 2.05) is 6.07 Å². The molecule has 0 fully saturated rings. The van der Waals surface area contributed by atoms with Gasteiger partial charge in [-0.3, -0.25) is 0 Å². The summed E-state index contributed by atoms with van der Waals surface area (Å²) in [6, 6.07) is 25.3. The molecule has 12 nitrogen and oxygen atoms in total. The summed E-state index contributed by atoms with van der Waals surface area (Å²) in [5.74, 6) is 1.85. The molecule has 2 aromatic carbocycles. The van der Waals surface area contributed by atoms with E-state index in [4.69, 9.17) is 42.0 Å². The maximum atomic E-state index is 8.49. The molecule has 3 heterocycles. The first-order valence-corrected chi connectivity index (χ1v) is 15.6. The van der Waals surface area contributed by atoms with Gasteiger partial charge in [-0.05, 0) is 36.6 Å². The van der Waals surface area contributed by atoms with E-state index < -0.39 is 20.5 Å². The van der Waals surface area contributed by atoms with Crippen molar-refractivity contribution < 1.29 is 71.6 Å². The van der Waals surface area contributed by atoms with Crippen LogP contribution in [0, 0.1) is 20.5 Å². The molecule has 230 valence electrons. The lowest BCUT2D eigenvalue weighted by atomic mass is 10.1. The van der Waals surface area contributed by atoms with Crippen molar-refractivity contribution >= 4 is 22.7 Å². The molecule has 0 saturated heterocycles. The van der Waals surface area contributed by atoms with Gasteiger partial charge in [0.15, 0.2) is 24.3 Å². The Balaban J connectivity index is 0.000000440. The molecule has 1 aliphatic rings. The van der Waals surface area contributed by atoms with Crippen molar-refractivity contribution in [2.45, 2.75) is 32.2 Å². The lowest BCUT2D eigenvalue weighted by molar-refractivity contribution is -2.00. The summed E-state index contributed by atoms with van der Waals surface area (Å²) >= 11 is 0. The Bertz CT molecular complexity index is 1460. The molecule has 0 bridgehead atoms. The highest BCUT2D eigenvalue weighted by molar-refractivity contribution is 5.87. The van der Waals surface area contributed by atoms with Crippen molar-refractivity contribution in [2.75, 3.05) is 11.4 Å². The Kier molecular flexibility index (Phi) is 12.6. The van der Waals surface area contributed by atoms with Gasteiger partial charge in [0.05, 0.1) is 11.1 Å². The van der Waals surface area contributed by atoms with Crippen molar-refractivity contribution in [2.24, 2.45) is 7.05 Å². The van der Waals surface area contributed by atoms with Crippen LogP contribution < -0.4 is 56.0 Å². The fourth-order valence-corrected chi connectivity index (χ4v) is 4.54. The number of rotatable bonds is 8. The normalized spacial score (nSPS) is 13.5. The zero-order valence-corrected chi connectivity index (χ0v) is 24.8. The fraction of sp³-hybridized carbons (Fsp3) is 0.241. The number of nitrogens with zero attached hydrogens (tertiary/aromatic N) is 3. The number of hydrogen-bond donors (Lipinski definition) is 0. The Morgan fingerprint density at radius 2 is 1.30 bits per heavy atom. The number of anilines is 1. The Labute approximate surface area is 253 Å². The number of hydrogen-bond acceptors (Lipinski definition) is 10. The van der Waals surface area contributed by atoms with E-state index in [9.17, 15) is 0 Å². The van der Waals surface area contributed by atoms with Crippen LogP contribution in [0.1, 0.15) is 31.2 Å². The van der Waals surface area contributed by atoms with E-state index in [2.05, 4.69) is 112 Å². The predicted molar refractivity (Wildman–Crippen MR) is 133 cm³/mol. The molecule has 0 aliphatic carbocycles. The summed E-state index contributed by atoms with van der Waals surface area (Å²) in [4.78, 5) is 2.34. The molecule has 2 aromatic heterocycles. The fourth-order valence-electron chi connectivity index (χ4n) is 4.54. The molecule has 1 aliphatic heterocycles. The standard InChI is InChI=1S/C29H31N3O.2ClHO4/c1-30-22-17-24(25-13-5-6-14-26(25)30)23-29-32(27-15-7-8-16-28(27)33-29)21-12-3-2-9-18-31-19-10-4-11-20-31;2*2-1(3,4)5/h4-8,10-11,13-17,19-20,22-23H,2-3,9,12,18,21H2,1H3;2*(H,2,3,4,5)/q+2;;/p-2. The number of benzene rings is 2. The van der Waals surface area contributed by atoms with Gasteiger partial charge in [0, 0.05) is 43.3 Å². The van der Waals surface area contributed by atoms with Gasteiger partial charge in [-0.25, -0.2) is 46.4 Å². The molecule has 0 radical (unpaired) electrons. The Morgan fingerprint density at radius 3 is 2.00 bits per heavy atom. The van der Waals surface area contributed by atoms with E-state index in [0.29, 0.717) is 0 Å². The minimum atomic E-state index is -4.94. The van der Waals surface area contributed by atoms with Crippen LogP contribution in [0.5, 0.6) is 5.75 Å². The summed E-state index contributed by atoms with van der Waals surface area (Å²) < 4.78 is 78.7. The summed E-state index contributed by atoms with van der Waals surface area (Å²) in [7, 11) is -7.80. The zero-order valence-electron chi connectivity index (χ0n) is 23.3. The van der Waals surface area contributed by atoms with Gasteiger partial charge < -0.3 is 9.64 Å². The van der Waals surface area contributed by atoms with E-state index in [1.54, 1.807) is 0 Å². The minimum absolute atomic E-state index is 0.912. The van der Waals surface area contributed by atoms with E-state index in [1.165, 1.54) is 35.7 Å². The number of aryl methyl sites for hydroxylation is 2. The van der Waals surface area contributed by atoms with Crippen LogP contribution in [0.3, 0.4) is 0 Å². The van der Waals surface area contributed by atoms with E-state index in [0.717, 1.165) is 36.8 Å². The summed E-state index contributed by atoms with van der Waals surface area (Å²) in [5, 5.41) is 1.23. The van der Waals surface area contributed by atoms with Crippen molar-refractivity contribution in [3.8, 4) is 5.75 Å². The molecule has 0 unspecified atom stereocenters. The van der Waals surface area contributed by atoms with Crippen molar-refractivity contribution in [1.29, 1.82) is 0 Å². The summed E-state index contributed by atoms with van der Waals surface area (Å²) in [6.07, 6.45) is 13.4. The van der Waals surface area contributed by atoms with E-state index in [-0.39, 0.29) is 0 Å². The average Bonchev–Trinajstić information content (AvgIpc) is 3.28. The highest BCUT2D eigenvalue weighted by atomic mass is 35.7. The third kappa shape index (κ3) is 12.4. The van der Waals surface area contributed by atoms with Gasteiger partial charge in [0.2, 0.25) is 11.4 Å². The molecule has 5 rings (SSSR count). The maximum Gasteiger partial charge on any atom is 0.212 e. The van der Waals surface area contributed by atoms with Gasteiger partial charge in [-0.1, -0.05) is 36.8 Å². The third-order valence-corrected chi connectivity index (χ3v) is 6.31. The molecule has 14 heteroatoms. The smallest absolute Gasteiger partial charge is 0.212 e. The third-order valence-electron chi connectivity index (χ3n) is 6.31. The first-order valence-electron chi connectivity index (χ1n) is 13.1. The monoisotopic (exact) mass is 635 g/mol. The number of fused-ring (bicyclic) bond motifs is 2. The second-order valence-electron chi connectivity index (χ2n) is 9.39. The number of para-hydroxylation sites is 3. The minimum Gasteiger partial charge on any atom is -0.439 e. The Morgan fingerprint density at radius 1 is 0.698 bits per heavy atom. The Hall–Kier alpha value is -3.40. The van der Waals surface area contributed by atoms with Gasteiger partial charge in [-0.2, -0.15) is 0 Å². The first-order chi connectivity index (χ1) is 20.3. The van der Waals surface area contributed by atoms with Crippen LogP contribution in [0.25, 0.3) is 17.0 Å². The average molecular weight is 636 g/mol. The van der Waals surface area contributed by atoms with Crippen molar-refractivity contribution in [1.82, 2.24) is 0 Å². The second-order valence-corrected chi connectivity index (χ2v) is 10.9. The maximum absolute atomic E-state index is 8.49. The molecule has 0 amide bonds. The number of ether oxygens (including phenoxy) is 1. The number of halogens is 2. The largest absolute Gasteiger partial charge is 0.439 e. The molecule has 4 aromatic rings. The predicted octanol–water partition coefficient (Wildman–Crippen LogP) is -4.10. The van der Waals surface area contributed by atoms with Crippen LogP contribution in [0.15, 0.2) is 97.3 Å². The topological polar surface area (TPSA) is 205 Å². The lowest BCUT2D eigenvalue weighted by Crippen LogP contribution is -2.68. The second kappa shape index (κ2) is 15.9. The van der Waals surface area contributed by atoms with Crippen LogP contribution >= 0.6 is 0 Å². The zero-order chi connectivity index (χ0) is 31.5. The number of unbranched alkanes of at least 4 members (excludes halogenated alkanes) is 3. The SMILES string of the molecule is C[n+]1ccc(C=C2Oc3ccccc3N2CCCCCC[n+]2ccccc2)c2ccccc21.[O-][Cl+3]([O-])([O-])[O-].[O-][Cl+3]([O-])([O-])[O-]. The molecule has 43 heavy (non-hydrogen) atoms.